The molecule has 0 saturated heterocycles. The van der Waals surface area contributed by atoms with Crippen LogP contribution in [0.4, 0.5) is 0 Å². The second-order valence-electron chi connectivity index (χ2n) is 5.33. The maximum Gasteiger partial charge on any atom is 0.324 e. The minimum atomic E-state index is -3.81. The van der Waals surface area contributed by atoms with Gasteiger partial charge in [0.1, 0.15) is 0 Å². The van der Waals surface area contributed by atoms with Gasteiger partial charge in [0, 0.05) is 6.20 Å². The molecule has 0 aliphatic rings. The van der Waals surface area contributed by atoms with Crippen LogP contribution >= 0.6 is 0 Å². The highest BCUT2D eigenvalue weighted by atomic mass is 32.2. The van der Waals surface area contributed by atoms with Gasteiger partial charge in [-0.05, 0) is 32.8 Å². The zero-order valence-corrected chi connectivity index (χ0v) is 13.1. The van der Waals surface area contributed by atoms with Crippen molar-refractivity contribution in [2.24, 2.45) is 0 Å². The largest absolute Gasteiger partial charge is 0.480 e. The summed E-state index contributed by atoms with van der Waals surface area (Å²) in [5, 5.41) is 13.3. The Morgan fingerprint density at radius 1 is 1.40 bits per heavy atom. The lowest BCUT2D eigenvalue weighted by molar-refractivity contribution is -0.139. The second-order valence-corrected chi connectivity index (χ2v) is 7.87. The number of rotatable bonds is 7. The highest BCUT2D eigenvalue weighted by molar-refractivity contribution is 7.92. The van der Waals surface area contributed by atoms with Crippen LogP contribution in [0.2, 0.25) is 0 Å². The number of hydrogen-bond donors (Lipinski definition) is 1. The van der Waals surface area contributed by atoms with E-state index in [1.165, 1.54) is 13.8 Å². The van der Waals surface area contributed by atoms with Crippen molar-refractivity contribution in [3.8, 4) is 0 Å². The Labute approximate surface area is 119 Å². The summed E-state index contributed by atoms with van der Waals surface area (Å²) in [7, 11) is -3.81. The van der Waals surface area contributed by atoms with Gasteiger partial charge in [-0.25, -0.2) is 8.42 Å². The Morgan fingerprint density at radius 3 is 2.40 bits per heavy atom. The maximum atomic E-state index is 12.2. The van der Waals surface area contributed by atoms with Crippen LogP contribution in [0.5, 0.6) is 0 Å². The van der Waals surface area contributed by atoms with Crippen LogP contribution < -0.4 is 0 Å². The Kier molecular flexibility index (Phi) is 4.96. The molecule has 1 heterocycles. The van der Waals surface area contributed by atoms with Crippen molar-refractivity contribution in [1.82, 2.24) is 9.78 Å². The van der Waals surface area contributed by atoms with Crippen molar-refractivity contribution in [3.63, 3.8) is 0 Å². The average molecular weight is 302 g/mol. The number of carboxylic acid groups (broad SMARTS) is 1. The minimum Gasteiger partial charge on any atom is -0.480 e. The normalized spacial score (nSPS) is 12.8. The molecule has 20 heavy (non-hydrogen) atoms. The zero-order chi connectivity index (χ0) is 15.6. The number of carboxylic acids is 1. The van der Waals surface area contributed by atoms with Crippen LogP contribution in [-0.2, 0) is 20.4 Å². The lowest BCUT2D eigenvalue weighted by Crippen LogP contribution is -2.41. The molecule has 7 heteroatoms. The van der Waals surface area contributed by atoms with Gasteiger partial charge >= 0.3 is 5.97 Å². The SMILES string of the molecule is CCC(CC)n1ccc(CS(=O)(=O)C(C)(C)C(=O)O)n1. The van der Waals surface area contributed by atoms with Crippen molar-refractivity contribution in [2.45, 2.75) is 57.1 Å². The van der Waals surface area contributed by atoms with Crippen LogP contribution in [0.25, 0.3) is 0 Å². The fourth-order valence-electron chi connectivity index (χ4n) is 1.83. The molecule has 1 rings (SSSR count). The van der Waals surface area contributed by atoms with E-state index < -0.39 is 20.6 Å². The van der Waals surface area contributed by atoms with Crippen LogP contribution in [0.3, 0.4) is 0 Å². The van der Waals surface area contributed by atoms with E-state index in [0.29, 0.717) is 5.69 Å². The number of sulfone groups is 1. The van der Waals surface area contributed by atoms with Gasteiger partial charge in [-0.15, -0.1) is 0 Å². The molecular weight excluding hydrogens is 280 g/mol. The van der Waals surface area contributed by atoms with Crippen molar-refractivity contribution in [3.05, 3.63) is 18.0 Å². The second kappa shape index (κ2) is 5.95. The first-order valence-corrected chi connectivity index (χ1v) is 8.30. The Hall–Kier alpha value is -1.37. The number of aliphatic carboxylic acids is 1. The maximum absolute atomic E-state index is 12.2. The van der Waals surface area contributed by atoms with E-state index in [4.69, 9.17) is 5.11 Å². The first-order valence-electron chi connectivity index (χ1n) is 6.65. The van der Waals surface area contributed by atoms with Gasteiger partial charge in [0.15, 0.2) is 14.6 Å². The third kappa shape index (κ3) is 3.20. The number of nitrogens with zero attached hydrogens (tertiary/aromatic N) is 2. The molecule has 0 aliphatic heterocycles. The molecule has 6 nitrogen and oxygen atoms in total. The molecule has 0 spiro atoms. The molecule has 1 aromatic heterocycles. The fourth-order valence-corrected chi connectivity index (χ4v) is 3.00. The van der Waals surface area contributed by atoms with Crippen molar-refractivity contribution >= 4 is 15.8 Å². The van der Waals surface area contributed by atoms with Gasteiger partial charge in [-0.1, -0.05) is 13.8 Å². The van der Waals surface area contributed by atoms with Gasteiger partial charge in [-0.2, -0.15) is 5.10 Å². The third-order valence-corrected chi connectivity index (χ3v) is 6.02. The third-order valence-electron chi connectivity index (χ3n) is 3.61. The number of hydrogen-bond acceptors (Lipinski definition) is 4. The van der Waals surface area contributed by atoms with E-state index in [9.17, 15) is 13.2 Å². The molecule has 0 unspecified atom stereocenters. The molecule has 0 fully saturated rings. The van der Waals surface area contributed by atoms with Gasteiger partial charge in [0.05, 0.1) is 17.5 Å². The van der Waals surface area contributed by atoms with E-state index in [1.807, 2.05) is 13.8 Å². The summed E-state index contributed by atoms with van der Waals surface area (Å²) in [6.45, 7) is 6.48. The number of aromatic nitrogens is 2. The predicted octanol–water partition coefficient (Wildman–Crippen LogP) is 2.02. The average Bonchev–Trinajstić information content (AvgIpc) is 2.78. The minimum absolute atomic E-state index is 0.235. The summed E-state index contributed by atoms with van der Waals surface area (Å²) >= 11 is 0. The molecule has 0 aliphatic carbocycles. The lowest BCUT2D eigenvalue weighted by atomic mass is 10.2. The van der Waals surface area contributed by atoms with Crippen LogP contribution in [0.1, 0.15) is 52.3 Å². The van der Waals surface area contributed by atoms with Crippen LogP contribution in [0, 0.1) is 0 Å². The quantitative estimate of drug-likeness (QED) is 0.832. The van der Waals surface area contributed by atoms with Gasteiger partial charge in [0.2, 0.25) is 0 Å². The highest BCUT2D eigenvalue weighted by Crippen LogP contribution is 2.22. The van der Waals surface area contributed by atoms with Crippen LogP contribution in [-0.4, -0.2) is 34.0 Å². The summed E-state index contributed by atoms with van der Waals surface area (Å²) in [5.41, 5.74) is 0.381. The Bertz CT molecular complexity index is 571. The van der Waals surface area contributed by atoms with E-state index in [2.05, 4.69) is 5.10 Å². The number of carbonyl (C=O) groups is 1. The van der Waals surface area contributed by atoms with Crippen molar-refractivity contribution in [2.75, 3.05) is 0 Å². The summed E-state index contributed by atoms with van der Waals surface area (Å²) in [6.07, 6.45) is 3.56. The molecule has 0 bridgehead atoms. The van der Waals surface area contributed by atoms with Crippen LogP contribution in [0.15, 0.2) is 12.3 Å². The standard InChI is InChI=1S/C13H22N2O4S/c1-5-11(6-2)15-8-7-10(14-15)9-20(18,19)13(3,4)12(16)17/h7-8,11H,5-6,9H2,1-4H3,(H,16,17). The first kappa shape index (κ1) is 16.7. The molecule has 1 N–H and O–H groups in total. The zero-order valence-electron chi connectivity index (χ0n) is 12.3. The highest BCUT2D eigenvalue weighted by Gasteiger charge is 2.42. The Morgan fingerprint density at radius 2 is 1.95 bits per heavy atom. The summed E-state index contributed by atoms with van der Waals surface area (Å²) < 4.78 is 24.2. The monoisotopic (exact) mass is 302 g/mol. The molecule has 0 aromatic carbocycles. The first-order chi connectivity index (χ1) is 9.15. The molecule has 0 atom stereocenters. The van der Waals surface area contributed by atoms with Gasteiger partial charge in [-0.3, -0.25) is 9.48 Å². The van der Waals surface area contributed by atoms with E-state index in [1.54, 1.807) is 16.9 Å². The summed E-state index contributed by atoms with van der Waals surface area (Å²) in [5.74, 6) is -1.71. The Balaban J connectivity index is 2.98. The summed E-state index contributed by atoms with van der Waals surface area (Å²) in [6, 6.07) is 1.87. The van der Waals surface area contributed by atoms with E-state index in [0.717, 1.165) is 12.8 Å². The topological polar surface area (TPSA) is 89.3 Å². The summed E-state index contributed by atoms with van der Waals surface area (Å²) in [4.78, 5) is 11.1. The van der Waals surface area contributed by atoms with Crippen molar-refractivity contribution in [1.29, 1.82) is 0 Å². The lowest BCUT2D eigenvalue weighted by Gasteiger charge is -2.19. The molecule has 0 radical (unpaired) electrons. The molecule has 1 aromatic rings. The van der Waals surface area contributed by atoms with Crippen molar-refractivity contribution < 1.29 is 18.3 Å². The molecular formula is C13H22N2O4S. The molecule has 0 amide bonds. The van der Waals surface area contributed by atoms with E-state index >= 15 is 0 Å². The molecule has 0 saturated carbocycles. The van der Waals surface area contributed by atoms with E-state index in [-0.39, 0.29) is 11.8 Å². The van der Waals surface area contributed by atoms with Gasteiger partial charge < -0.3 is 5.11 Å². The molecule has 114 valence electrons. The smallest absolute Gasteiger partial charge is 0.324 e. The predicted molar refractivity (Wildman–Crippen MR) is 76.2 cm³/mol. The van der Waals surface area contributed by atoms with Gasteiger partial charge in [0.25, 0.3) is 0 Å². The fraction of sp³-hybridized carbons (Fsp3) is 0.692.